The lowest BCUT2D eigenvalue weighted by molar-refractivity contribution is -0.748. The van der Waals surface area contributed by atoms with Crippen LogP contribution in [0.5, 0.6) is 17.2 Å². The molecule has 1 aliphatic rings. The van der Waals surface area contributed by atoms with Crippen LogP contribution in [0.4, 0.5) is 0 Å². The fourth-order valence-electron chi connectivity index (χ4n) is 3.10. The van der Waals surface area contributed by atoms with Crippen molar-refractivity contribution in [3.63, 3.8) is 0 Å². The number of ether oxygens (including phenoxy) is 2. The van der Waals surface area contributed by atoms with E-state index in [1.165, 1.54) is 5.56 Å². The van der Waals surface area contributed by atoms with Gasteiger partial charge in [0.15, 0.2) is 17.2 Å². The second kappa shape index (κ2) is 6.13. The zero-order chi connectivity index (χ0) is 16.0. The van der Waals surface area contributed by atoms with Crippen LogP contribution in [0.1, 0.15) is 5.56 Å². The van der Waals surface area contributed by atoms with E-state index in [9.17, 15) is 5.11 Å². The average molecular weight is 346 g/mol. The number of hydrogen-bond acceptors (Lipinski definition) is 5. The van der Waals surface area contributed by atoms with E-state index in [4.69, 9.17) is 9.47 Å². The van der Waals surface area contributed by atoms with Crippen molar-refractivity contribution in [2.75, 3.05) is 14.2 Å². The van der Waals surface area contributed by atoms with Gasteiger partial charge in [0.25, 0.3) is 0 Å². The van der Waals surface area contributed by atoms with E-state index in [-0.39, 0.29) is 18.2 Å². The molecule has 0 amide bonds. The van der Waals surface area contributed by atoms with E-state index >= 15 is 0 Å². The molecule has 0 atom stereocenters. The molecule has 0 unspecified atom stereocenters. The summed E-state index contributed by atoms with van der Waals surface area (Å²) in [5.74, 6) is 1.60. The van der Waals surface area contributed by atoms with Crippen LogP contribution in [0.3, 0.4) is 0 Å². The minimum absolute atomic E-state index is 0. The van der Waals surface area contributed by atoms with Crippen molar-refractivity contribution < 1.29 is 31.7 Å². The summed E-state index contributed by atoms with van der Waals surface area (Å²) >= 11 is 0. The molecule has 0 radical (unpaired) electrons. The Labute approximate surface area is 145 Å². The van der Waals surface area contributed by atoms with Crippen LogP contribution in [-0.2, 0) is 13.0 Å². The van der Waals surface area contributed by atoms with Gasteiger partial charge in [-0.25, -0.2) is 0 Å². The van der Waals surface area contributed by atoms with Gasteiger partial charge in [-0.15, -0.1) is 4.68 Å². The van der Waals surface area contributed by atoms with Crippen molar-refractivity contribution in [3.05, 3.63) is 35.9 Å². The number of phenols is 1. The van der Waals surface area contributed by atoms with Gasteiger partial charge in [-0.1, -0.05) is 0 Å². The number of phenolic OH excluding ortho intramolecular Hbond substituents is 1. The molecule has 1 aliphatic heterocycles. The Morgan fingerprint density at radius 1 is 1.08 bits per heavy atom. The number of benzene rings is 2. The van der Waals surface area contributed by atoms with Crippen molar-refractivity contribution in [2.24, 2.45) is 0 Å². The quantitative estimate of drug-likeness (QED) is 0.595. The Hall–Kier alpha value is -2.60. The van der Waals surface area contributed by atoms with Crippen molar-refractivity contribution in [1.82, 2.24) is 10.3 Å². The zero-order valence-corrected chi connectivity index (χ0v) is 14.0. The van der Waals surface area contributed by atoms with E-state index in [0.717, 1.165) is 35.1 Å². The molecule has 24 heavy (non-hydrogen) atoms. The van der Waals surface area contributed by atoms with Crippen LogP contribution in [0, 0.1) is 0 Å². The van der Waals surface area contributed by atoms with E-state index in [0.29, 0.717) is 11.5 Å². The molecule has 6 nitrogen and oxygen atoms in total. The van der Waals surface area contributed by atoms with Gasteiger partial charge >= 0.3 is 0 Å². The monoisotopic (exact) mass is 345 g/mol. The van der Waals surface area contributed by atoms with Crippen molar-refractivity contribution >= 4 is 10.9 Å². The van der Waals surface area contributed by atoms with E-state index in [1.807, 2.05) is 16.8 Å². The first-order valence-electron chi connectivity index (χ1n) is 7.36. The minimum atomic E-state index is 0. The summed E-state index contributed by atoms with van der Waals surface area (Å²) in [6.45, 7) is 0.733. The predicted molar refractivity (Wildman–Crippen MR) is 83.6 cm³/mol. The van der Waals surface area contributed by atoms with Crippen molar-refractivity contribution in [2.45, 2.75) is 13.0 Å². The van der Waals surface area contributed by atoms with Crippen LogP contribution >= 0.6 is 0 Å². The highest BCUT2D eigenvalue weighted by Crippen LogP contribution is 2.38. The average Bonchev–Trinajstić information content (AvgIpc) is 2.59. The molecule has 1 aromatic heterocycles. The van der Waals surface area contributed by atoms with Gasteiger partial charge in [0.1, 0.15) is 17.5 Å². The second-order valence-electron chi connectivity index (χ2n) is 5.48. The maximum atomic E-state index is 9.86. The molecule has 2 heterocycles. The largest absolute Gasteiger partial charge is 1.00 e. The number of aromatic nitrogens is 3. The number of rotatable bonds is 2. The number of aryl methyl sites for hydroxylation is 2. The first kappa shape index (κ1) is 16.3. The molecule has 7 heteroatoms. The van der Waals surface area contributed by atoms with E-state index in [2.05, 4.69) is 10.3 Å². The van der Waals surface area contributed by atoms with Crippen molar-refractivity contribution in [3.8, 4) is 28.5 Å². The lowest BCUT2D eigenvalue weighted by Crippen LogP contribution is -3.00. The maximum Gasteiger partial charge on any atom is 0.215 e. The first-order chi connectivity index (χ1) is 11.2. The van der Waals surface area contributed by atoms with E-state index < -0.39 is 0 Å². The zero-order valence-electron chi connectivity index (χ0n) is 13.3. The number of aromatic hydroxyl groups is 1. The van der Waals surface area contributed by atoms with Gasteiger partial charge in [-0.05, 0) is 35.9 Å². The number of fused-ring (bicyclic) bond motifs is 5. The lowest BCUT2D eigenvalue weighted by atomic mass is 9.95. The molecule has 4 rings (SSSR count). The summed E-state index contributed by atoms with van der Waals surface area (Å²) in [5.41, 5.74) is 3.88. The SMILES string of the molecule is COc1cc2c(cc1OC)-c1c3cc(O)ccc3nn[n+]1CC2.[Cl-]. The minimum Gasteiger partial charge on any atom is -1.00 e. The van der Waals surface area contributed by atoms with Gasteiger partial charge in [0.2, 0.25) is 5.52 Å². The fourth-order valence-corrected chi connectivity index (χ4v) is 3.10. The summed E-state index contributed by atoms with van der Waals surface area (Å²) in [6, 6.07) is 9.08. The Morgan fingerprint density at radius 3 is 2.58 bits per heavy atom. The molecular formula is C17H16ClN3O3. The molecule has 0 spiro atoms. The number of halogens is 1. The van der Waals surface area contributed by atoms with Crippen LogP contribution in [-0.4, -0.2) is 29.6 Å². The number of methoxy groups -OCH3 is 2. The molecule has 0 fully saturated rings. The highest BCUT2D eigenvalue weighted by Gasteiger charge is 2.27. The number of hydrogen-bond donors (Lipinski definition) is 1. The molecule has 0 saturated carbocycles. The molecule has 3 aromatic rings. The van der Waals surface area contributed by atoms with Crippen molar-refractivity contribution in [1.29, 1.82) is 0 Å². The summed E-state index contributed by atoms with van der Waals surface area (Å²) in [5, 5.41) is 19.2. The Bertz CT molecular complexity index is 931. The standard InChI is InChI=1S/C17H15N3O3.ClH/c1-22-15-7-10-5-6-20-17(12(10)9-16(15)23-2)13-8-11(21)3-4-14(13)18-19-20;/h3-4,7-9H,5-6H2,1-2H3;1H. The smallest absolute Gasteiger partial charge is 0.215 e. The van der Waals surface area contributed by atoms with Crippen LogP contribution in [0.2, 0.25) is 0 Å². The van der Waals surface area contributed by atoms with Crippen LogP contribution < -0.4 is 26.6 Å². The predicted octanol–water partition coefficient (Wildman–Crippen LogP) is -1.13. The fraction of sp³-hybridized carbons (Fsp3) is 0.235. The van der Waals surface area contributed by atoms with Crippen LogP contribution in [0.25, 0.3) is 22.2 Å². The third-order valence-electron chi connectivity index (χ3n) is 4.21. The highest BCUT2D eigenvalue weighted by atomic mass is 35.5. The van der Waals surface area contributed by atoms with Gasteiger partial charge in [-0.3, -0.25) is 0 Å². The van der Waals surface area contributed by atoms with Gasteiger partial charge < -0.3 is 27.0 Å². The molecular weight excluding hydrogens is 330 g/mol. The third-order valence-corrected chi connectivity index (χ3v) is 4.21. The summed E-state index contributed by atoms with van der Waals surface area (Å²) in [6.07, 6.45) is 0.840. The maximum absolute atomic E-state index is 9.86. The molecule has 0 aliphatic carbocycles. The molecule has 2 aromatic carbocycles. The third kappa shape index (κ3) is 2.39. The van der Waals surface area contributed by atoms with Gasteiger partial charge in [0, 0.05) is 12.0 Å². The Morgan fingerprint density at radius 2 is 1.83 bits per heavy atom. The summed E-state index contributed by atoms with van der Waals surface area (Å²) in [4.78, 5) is 0. The number of nitrogens with zero attached hydrogens (tertiary/aromatic N) is 3. The highest BCUT2D eigenvalue weighted by molar-refractivity contribution is 5.92. The normalized spacial score (nSPS) is 12.1. The topological polar surface area (TPSA) is 68.3 Å². The van der Waals surface area contributed by atoms with E-state index in [1.54, 1.807) is 32.4 Å². The van der Waals surface area contributed by atoms with Crippen LogP contribution in [0.15, 0.2) is 30.3 Å². The molecule has 0 bridgehead atoms. The van der Waals surface area contributed by atoms with Gasteiger partial charge in [0.05, 0.1) is 24.7 Å². The summed E-state index contributed by atoms with van der Waals surface area (Å²) < 4.78 is 12.7. The second-order valence-corrected chi connectivity index (χ2v) is 5.48. The summed E-state index contributed by atoms with van der Waals surface area (Å²) in [7, 11) is 3.25. The Kier molecular flexibility index (Phi) is 4.15. The Balaban J connectivity index is 0.00000169. The van der Waals surface area contributed by atoms with Gasteiger partial charge in [-0.2, -0.15) is 0 Å². The first-order valence-corrected chi connectivity index (χ1v) is 7.36. The lowest BCUT2D eigenvalue weighted by Gasteiger charge is -2.19. The molecule has 0 saturated heterocycles. The molecule has 1 N–H and O–H groups in total. The molecule has 124 valence electrons.